The van der Waals surface area contributed by atoms with Crippen LogP contribution in [-0.4, -0.2) is 42.4 Å². The number of nitrogens with one attached hydrogen (secondary N) is 1. The Morgan fingerprint density at radius 2 is 1.68 bits per heavy atom. The summed E-state index contributed by atoms with van der Waals surface area (Å²) in [6, 6.07) is 11.6. The van der Waals surface area contributed by atoms with Gasteiger partial charge in [0.1, 0.15) is 15.6 Å². The first-order valence-electron chi connectivity index (χ1n) is 9.94. The third-order valence-electron chi connectivity index (χ3n) is 5.00. The highest BCUT2D eigenvalue weighted by Crippen LogP contribution is 2.30. The summed E-state index contributed by atoms with van der Waals surface area (Å²) in [7, 11) is 3.25. The van der Waals surface area contributed by atoms with Gasteiger partial charge in [-0.1, -0.05) is 17.7 Å². The molecular weight excluding hydrogens is 410 g/mol. The molecule has 162 valence electrons. The molecule has 7 heteroatoms. The molecule has 0 aliphatic carbocycles. The number of methoxy groups -OCH3 is 1. The average molecular weight is 438 g/mol. The molecule has 0 aliphatic rings. The molecule has 0 saturated carbocycles. The molecule has 0 spiro atoms. The zero-order valence-corrected chi connectivity index (χ0v) is 19.5. The highest BCUT2D eigenvalue weighted by molar-refractivity contribution is 7.17. The van der Waals surface area contributed by atoms with E-state index >= 15 is 0 Å². The second kappa shape index (κ2) is 9.31. The number of hydrogen-bond donors (Lipinski definition) is 1. The first kappa shape index (κ1) is 22.5. The van der Waals surface area contributed by atoms with Crippen LogP contribution in [0.15, 0.2) is 36.4 Å². The van der Waals surface area contributed by atoms with Gasteiger partial charge in [-0.25, -0.2) is 4.98 Å². The first-order chi connectivity index (χ1) is 14.7. The number of carbonyl (C=O) groups excluding carboxylic acids is 2. The van der Waals surface area contributed by atoms with Gasteiger partial charge in [0.25, 0.3) is 5.91 Å². The van der Waals surface area contributed by atoms with Gasteiger partial charge in [-0.15, -0.1) is 11.3 Å². The lowest BCUT2D eigenvalue weighted by Gasteiger charge is -2.18. The normalized spacial score (nSPS) is 10.6. The lowest BCUT2D eigenvalue weighted by atomic mass is 10.1. The Balaban J connectivity index is 1.71. The summed E-state index contributed by atoms with van der Waals surface area (Å²) >= 11 is 1.33. The van der Waals surface area contributed by atoms with Crippen LogP contribution in [0.3, 0.4) is 0 Å². The molecule has 0 unspecified atom stereocenters. The number of carbonyl (C=O) groups is 2. The number of hydrogen-bond acceptors (Lipinski definition) is 5. The van der Waals surface area contributed by atoms with Crippen molar-refractivity contribution in [1.82, 2.24) is 9.88 Å². The number of ether oxygens (including phenoxy) is 1. The summed E-state index contributed by atoms with van der Waals surface area (Å²) in [5, 5.41) is 3.70. The molecule has 2 amide bonds. The minimum Gasteiger partial charge on any atom is -0.497 e. The van der Waals surface area contributed by atoms with Crippen LogP contribution in [0.25, 0.3) is 10.6 Å². The SMILES string of the molecule is COc1ccc(-c2nc(C)c(C(=O)N(C)CC(=O)Nc3c(C)cc(C)cc3C)s2)cc1. The number of rotatable bonds is 6. The molecule has 0 radical (unpaired) electrons. The summed E-state index contributed by atoms with van der Waals surface area (Å²) < 4.78 is 5.19. The lowest BCUT2D eigenvalue weighted by molar-refractivity contribution is -0.116. The van der Waals surface area contributed by atoms with Crippen LogP contribution in [0.1, 0.15) is 32.1 Å². The third kappa shape index (κ3) is 5.11. The van der Waals surface area contributed by atoms with Crippen molar-refractivity contribution < 1.29 is 14.3 Å². The molecular formula is C24H27N3O3S. The van der Waals surface area contributed by atoms with Crippen molar-refractivity contribution in [2.45, 2.75) is 27.7 Å². The summed E-state index contributed by atoms with van der Waals surface area (Å²) in [6.07, 6.45) is 0. The number of nitrogens with zero attached hydrogens (tertiary/aromatic N) is 2. The third-order valence-corrected chi connectivity index (χ3v) is 6.19. The largest absolute Gasteiger partial charge is 0.497 e. The van der Waals surface area contributed by atoms with Crippen LogP contribution in [0, 0.1) is 27.7 Å². The maximum Gasteiger partial charge on any atom is 0.266 e. The number of anilines is 1. The van der Waals surface area contributed by atoms with E-state index in [0.29, 0.717) is 10.6 Å². The van der Waals surface area contributed by atoms with Crippen molar-refractivity contribution in [3.63, 3.8) is 0 Å². The average Bonchev–Trinajstić information content (AvgIpc) is 3.11. The number of likely N-dealkylation sites (N-methyl/N-ethyl adjacent to an activating group) is 1. The fourth-order valence-corrected chi connectivity index (χ4v) is 4.53. The maximum absolute atomic E-state index is 13.0. The van der Waals surface area contributed by atoms with E-state index in [-0.39, 0.29) is 18.4 Å². The van der Waals surface area contributed by atoms with E-state index in [1.807, 2.05) is 64.1 Å². The molecule has 1 N–H and O–H groups in total. The number of amides is 2. The molecule has 0 bridgehead atoms. The van der Waals surface area contributed by atoms with Crippen molar-refractivity contribution in [2.75, 3.05) is 26.0 Å². The van der Waals surface area contributed by atoms with E-state index in [1.54, 1.807) is 14.2 Å². The molecule has 0 saturated heterocycles. The van der Waals surface area contributed by atoms with Crippen LogP contribution < -0.4 is 10.1 Å². The fourth-order valence-electron chi connectivity index (χ4n) is 3.47. The van der Waals surface area contributed by atoms with E-state index in [9.17, 15) is 9.59 Å². The minimum absolute atomic E-state index is 0.0409. The topological polar surface area (TPSA) is 71.5 Å². The van der Waals surface area contributed by atoms with Gasteiger partial charge in [-0.05, 0) is 63.1 Å². The number of benzene rings is 2. The predicted octanol–water partition coefficient (Wildman–Crippen LogP) is 4.76. The van der Waals surface area contributed by atoms with Gasteiger partial charge in [0.05, 0.1) is 19.3 Å². The molecule has 0 fully saturated rings. The van der Waals surface area contributed by atoms with E-state index in [0.717, 1.165) is 38.7 Å². The lowest BCUT2D eigenvalue weighted by Crippen LogP contribution is -2.35. The predicted molar refractivity (Wildman–Crippen MR) is 125 cm³/mol. The van der Waals surface area contributed by atoms with Gasteiger partial charge in [-0.3, -0.25) is 9.59 Å². The van der Waals surface area contributed by atoms with Gasteiger partial charge in [0.2, 0.25) is 5.91 Å². The smallest absolute Gasteiger partial charge is 0.266 e. The summed E-state index contributed by atoms with van der Waals surface area (Å²) in [6.45, 7) is 7.72. The Morgan fingerprint density at radius 3 is 2.26 bits per heavy atom. The molecule has 3 rings (SSSR count). The molecule has 6 nitrogen and oxygen atoms in total. The second-order valence-corrected chi connectivity index (χ2v) is 8.64. The Labute approximate surface area is 186 Å². The van der Waals surface area contributed by atoms with E-state index in [1.165, 1.54) is 16.2 Å². The molecule has 1 heterocycles. The zero-order valence-electron chi connectivity index (χ0n) is 18.7. The minimum atomic E-state index is -0.233. The number of thiazole rings is 1. The molecule has 1 aromatic heterocycles. The van der Waals surface area contributed by atoms with Crippen molar-refractivity contribution >= 4 is 28.8 Å². The van der Waals surface area contributed by atoms with Gasteiger partial charge in [0.15, 0.2) is 0 Å². The Hall–Kier alpha value is -3.19. The van der Waals surface area contributed by atoms with Crippen molar-refractivity contribution in [3.8, 4) is 16.3 Å². The van der Waals surface area contributed by atoms with Crippen LogP contribution >= 0.6 is 11.3 Å². The van der Waals surface area contributed by atoms with Crippen molar-refractivity contribution in [1.29, 1.82) is 0 Å². The second-order valence-electron chi connectivity index (χ2n) is 7.65. The number of aromatic nitrogens is 1. The number of aryl methyl sites for hydroxylation is 4. The summed E-state index contributed by atoms with van der Waals surface area (Å²) in [4.78, 5) is 32.1. The molecule has 0 aliphatic heterocycles. The Morgan fingerprint density at radius 1 is 1.06 bits per heavy atom. The standard InChI is InChI=1S/C24H27N3O3S/c1-14-11-15(2)21(16(3)12-14)26-20(28)13-27(5)24(29)22-17(4)25-23(31-22)18-7-9-19(30-6)10-8-18/h7-12H,13H2,1-6H3,(H,26,28). The van der Waals surface area contributed by atoms with Crippen LogP contribution in [0.5, 0.6) is 5.75 Å². The monoisotopic (exact) mass is 437 g/mol. The zero-order chi connectivity index (χ0) is 22.7. The van der Waals surface area contributed by atoms with Gasteiger partial charge in [-0.2, -0.15) is 0 Å². The highest BCUT2D eigenvalue weighted by atomic mass is 32.1. The van der Waals surface area contributed by atoms with Crippen LogP contribution in [-0.2, 0) is 4.79 Å². The van der Waals surface area contributed by atoms with Crippen molar-refractivity contribution in [2.24, 2.45) is 0 Å². The van der Waals surface area contributed by atoms with Crippen LogP contribution in [0.2, 0.25) is 0 Å². The van der Waals surface area contributed by atoms with E-state index in [4.69, 9.17) is 4.74 Å². The van der Waals surface area contributed by atoms with Gasteiger partial charge < -0.3 is 15.0 Å². The summed E-state index contributed by atoms with van der Waals surface area (Å²) in [5.74, 6) is 0.309. The van der Waals surface area contributed by atoms with E-state index < -0.39 is 0 Å². The van der Waals surface area contributed by atoms with Gasteiger partial charge in [0, 0.05) is 18.3 Å². The highest BCUT2D eigenvalue weighted by Gasteiger charge is 2.22. The van der Waals surface area contributed by atoms with Gasteiger partial charge >= 0.3 is 0 Å². The van der Waals surface area contributed by atoms with Crippen LogP contribution in [0.4, 0.5) is 5.69 Å². The first-order valence-corrected chi connectivity index (χ1v) is 10.8. The molecule has 0 atom stereocenters. The van der Waals surface area contributed by atoms with E-state index in [2.05, 4.69) is 10.3 Å². The molecule has 31 heavy (non-hydrogen) atoms. The Kier molecular flexibility index (Phi) is 6.75. The Bertz CT molecular complexity index is 1100. The molecule has 2 aromatic carbocycles. The quantitative estimate of drug-likeness (QED) is 0.603. The summed E-state index contributed by atoms with van der Waals surface area (Å²) in [5.41, 5.74) is 5.52. The maximum atomic E-state index is 13.0. The fraction of sp³-hybridized carbons (Fsp3) is 0.292. The van der Waals surface area contributed by atoms with Crippen molar-refractivity contribution in [3.05, 3.63) is 63.7 Å². The molecule has 3 aromatic rings.